The molecule has 0 bridgehead atoms. The number of nitrogens with one attached hydrogen (secondary N) is 2. The van der Waals surface area contributed by atoms with Gasteiger partial charge in [0.25, 0.3) is 5.91 Å². The number of methoxy groups -OCH3 is 1. The van der Waals surface area contributed by atoms with Crippen LogP contribution in [0.2, 0.25) is 0 Å². The summed E-state index contributed by atoms with van der Waals surface area (Å²) in [5.74, 6) is -1.79. The highest BCUT2D eigenvalue weighted by Gasteiger charge is 2.40. The minimum absolute atomic E-state index is 0.0823. The summed E-state index contributed by atoms with van der Waals surface area (Å²) in [7, 11) is 1.21. The lowest BCUT2D eigenvalue weighted by molar-refractivity contribution is -0.165. The van der Waals surface area contributed by atoms with E-state index < -0.39 is 41.2 Å². The number of ether oxygens (including phenoxy) is 2. The highest BCUT2D eigenvalue weighted by atomic mass is 32.2. The molecule has 0 aromatic rings. The molecule has 1 aliphatic rings. The first-order chi connectivity index (χ1) is 12.2. The molecule has 0 spiro atoms. The van der Waals surface area contributed by atoms with Gasteiger partial charge in [-0.3, -0.25) is 19.2 Å². The lowest BCUT2D eigenvalue weighted by Crippen LogP contribution is -2.49. The molecule has 2 amide bonds. The molecule has 1 aliphatic heterocycles. The van der Waals surface area contributed by atoms with Crippen molar-refractivity contribution in [2.45, 2.75) is 38.0 Å². The summed E-state index contributed by atoms with van der Waals surface area (Å²) in [4.78, 5) is 48.3. The van der Waals surface area contributed by atoms with Crippen LogP contribution in [0.5, 0.6) is 0 Å². The number of thioether (sulfide) groups is 1. The number of hydrogen-bond donors (Lipinski definition) is 3. The zero-order valence-electron chi connectivity index (χ0n) is 15.2. The van der Waals surface area contributed by atoms with Crippen molar-refractivity contribution in [3.05, 3.63) is 0 Å². The Balaban J connectivity index is 3.04. The van der Waals surface area contributed by atoms with E-state index in [1.807, 2.05) is 0 Å². The Kier molecular flexibility index (Phi) is 8.86. The zero-order chi connectivity index (χ0) is 19.7. The largest absolute Gasteiger partial charge is 0.469 e. The number of cyclic esters (lactones) is 1. The second kappa shape index (κ2) is 10.4. The Morgan fingerprint density at radius 2 is 2.00 bits per heavy atom. The molecule has 1 rings (SSSR count). The first kappa shape index (κ1) is 22.2. The molecule has 148 valence electrons. The molecule has 9 nitrogen and oxygen atoms in total. The third kappa shape index (κ3) is 6.83. The van der Waals surface area contributed by atoms with Crippen molar-refractivity contribution in [3.8, 4) is 0 Å². The van der Waals surface area contributed by atoms with Crippen LogP contribution in [0, 0.1) is 5.41 Å². The summed E-state index contributed by atoms with van der Waals surface area (Å²) < 4.78 is 9.97. The zero-order valence-corrected chi connectivity index (χ0v) is 16.0. The number of esters is 2. The van der Waals surface area contributed by atoms with Crippen molar-refractivity contribution in [2.75, 3.05) is 32.6 Å². The Morgan fingerprint density at radius 1 is 1.31 bits per heavy atom. The number of aliphatic hydroxyl groups excluding tert-OH is 1. The maximum absolute atomic E-state index is 12.6. The first-order valence-electron chi connectivity index (χ1n) is 8.25. The average Bonchev–Trinajstić information content (AvgIpc) is 2.61. The quantitative estimate of drug-likeness (QED) is 0.533. The van der Waals surface area contributed by atoms with Crippen molar-refractivity contribution in [1.29, 1.82) is 0 Å². The summed E-state index contributed by atoms with van der Waals surface area (Å²) in [6, 6.07) is 0. The highest BCUT2D eigenvalue weighted by molar-refractivity contribution is 8.00. The SMILES string of the molecule is COC(=O)CC1SCCNC(=O)CCNC(=O)[C@@H](C(C)(C)CO)OC1=O. The van der Waals surface area contributed by atoms with E-state index in [-0.39, 0.29) is 25.3 Å². The molecule has 0 aliphatic carbocycles. The van der Waals surface area contributed by atoms with Crippen molar-refractivity contribution >= 4 is 35.5 Å². The van der Waals surface area contributed by atoms with Crippen LogP contribution in [0.15, 0.2) is 0 Å². The number of amides is 2. The minimum Gasteiger partial charge on any atom is -0.469 e. The van der Waals surface area contributed by atoms with Gasteiger partial charge in [-0.25, -0.2) is 0 Å². The molecule has 0 radical (unpaired) electrons. The lowest BCUT2D eigenvalue weighted by Gasteiger charge is -2.31. The standard InChI is InChI=1S/C16H26N2O7S/c1-16(2,9-19)13-14(22)18-5-4-11(20)17-6-7-26-10(15(23)25-13)8-12(21)24-3/h10,13,19H,4-9H2,1-3H3,(H,17,20)(H,18,22)/t10?,13-/m0/s1. The normalized spacial score (nSPS) is 23.5. The molecular formula is C16H26N2O7S. The van der Waals surface area contributed by atoms with Gasteiger partial charge in [-0.15, -0.1) is 11.8 Å². The molecule has 2 atom stereocenters. The van der Waals surface area contributed by atoms with Crippen LogP contribution in [0.3, 0.4) is 0 Å². The Hall–Kier alpha value is -1.81. The minimum atomic E-state index is -1.26. The van der Waals surface area contributed by atoms with Gasteiger partial charge in [-0.05, 0) is 0 Å². The molecule has 0 saturated carbocycles. The predicted octanol–water partition coefficient (Wildman–Crippen LogP) is -0.782. The van der Waals surface area contributed by atoms with E-state index >= 15 is 0 Å². The lowest BCUT2D eigenvalue weighted by atomic mass is 9.86. The van der Waals surface area contributed by atoms with E-state index in [4.69, 9.17) is 4.74 Å². The van der Waals surface area contributed by atoms with Gasteiger partial charge >= 0.3 is 11.9 Å². The van der Waals surface area contributed by atoms with Crippen LogP contribution in [-0.4, -0.2) is 72.8 Å². The molecule has 1 fully saturated rings. The van der Waals surface area contributed by atoms with Crippen molar-refractivity contribution < 1.29 is 33.8 Å². The molecule has 26 heavy (non-hydrogen) atoms. The van der Waals surface area contributed by atoms with E-state index in [0.717, 1.165) is 11.8 Å². The van der Waals surface area contributed by atoms with E-state index in [1.165, 1.54) is 7.11 Å². The van der Waals surface area contributed by atoms with Crippen LogP contribution >= 0.6 is 11.8 Å². The van der Waals surface area contributed by atoms with Gasteiger partial charge in [0, 0.05) is 30.7 Å². The van der Waals surface area contributed by atoms with E-state index in [1.54, 1.807) is 13.8 Å². The van der Waals surface area contributed by atoms with Crippen LogP contribution in [0.4, 0.5) is 0 Å². The maximum Gasteiger partial charge on any atom is 0.320 e. The third-order valence-corrected chi connectivity index (χ3v) is 5.03. The van der Waals surface area contributed by atoms with Crippen LogP contribution in [0.25, 0.3) is 0 Å². The van der Waals surface area contributed by atoms with Gasteiger partial charge in [0.2, 0.25) is 5.91 Å². The summed E-state index contributed by atoms with van der Waals surface area (Å²) in [6.45, 7) is 3.16. The summed E-state index contributed by atoms with van der Waals surface area (Å²) >= 11 is 1.13. The van der Waals surface area contributed by atoms with Gasteiger partial charge in [0.15, 0.2) is 6.10 Å². The predicted molar refractivity (Wildman–Crippen MR) is 94.3 cm³/mol. The second-order valence-corrected chi connectivity index (χ2v) is 7.80. The van der Waals surface area contributed by atoms with Gasteiger partial charge < -0.3 is 25.2 Å². The first-order valence-corrected chi connectivity index (χ1v) is 9.30. The molecule has 0 aromatic heterocycles. The number of hydrogen-bond acceptors (Lipinski definition) is 8. The van der Waals surface area contributed by atoms with Crippen LogP contribution in [-0.2, 0) is 28.7 Å². The number of carbonyl (C=O) groups is 4. The topological polar surface area (TPSA) is 131 Å². The fourth-order valence-corrected chi connectivity index (χ4v) is 3.11. The number of aliphatic hydroxyl groups is 1. The summed E-state index contributed by atoms with van der Waals surface area (Å²) in [5.41, 5.74) is -1.04. The van der Waals surface area contributed by atoms with E-state index in [9.17, 15) is 24.3 Å². The second-order valence-electron chi connectivity index (χ2n) is 6.49. The van der Waals surface area contributed by atoms with Gasteiger partial charge in [0.1, 0.15) is 5.25 Å². The van der Waals surface area contributed by atoms with Crippen molar-refractivity contribution in [2.24, 2.45) is 5.41 Å². The molecule has 0 aromatic carbocycles. The molecule has 1 heterocycles. The Morgan fingerprint density at radius 3 is 2.62 bits per heavy atom. The monoisotopic (exact) mass is 390 g/mol. The van der Waals surface area contributed by atoms with Crippen molar-refractivity contribution in [1.82, 2.24) is 10.6 Å². The molecule has 1 unspecified atom stereocenters. The molecular weight excluding hydrogens is 364 g/mol. The van der Waals surface area contributed by atoms with Crippen molar-refractivity contribution in [3.63, 3.8) is 0 Å². The van der Waals surface area contributed by atoms with Gasteiger partial charge in [0.05, 0.1) is 20.1 Å². The maximum atomic E-state index is 12.6. The smallest absolute Gasteiger partial charge is 0.320 e. The highest BCUT2D eigenvalue weighted by Crippen LogP contribution is 2.26. The average molecular weight is 390 g/mol. The number of carbonyl (C=O) groups excluding carboxylic acids is 4. The van der Waals surface area contributed by atoms with Crippen LogP contribution in [0.1, 0.15) is 26.7 Å². The molecule has 1 saturated heterocycles. The summed E-state index contributed by atoms with van der Waals surface area (Å²) in [6.07, 6.45) is -1.39. The van der Waals surface area contributed by atoms with Crippen LogP contribution < -0.4 is 10.6 Å². The third-order valence-electron chi connectivity index (χ3n) is 3.83. The molecule has 10 heteroatoms. The Labute approximate surface area is 156 Å². The molecule has 3 N–H and O–H groups in total. The van der Waals surface area contributed by atoms with E-state index in [0.29, 0.717) is 12.3 Å². The number of rotatable bonds is 4. The fraction of sp³-hybridized carbons (Fsp3) is 0.750. The Bertz CT molecular complexity index is 539. The van der Waals surface area contributed by atoms with Gasteiger partial charge in [-0.1, -0.05) is 13.8 Å². The van der Waals surface area contributed by atoms with E-state index in [2.05, 4.69) is 15.4 Å². The fourth-order valence-electron chi connectivity index (χ4n) is 2.16. The van der Waals surface area contributed by atoms with Gasteiger partial charge in [-0.2, -0.15) is 0 Å². The summed E-state index contributed by atoms with van der Waals surface area (Å²) in [5, 5.41) is 13.9.